The van der Waals surface area contributed by atoms with Gasteiger partial charge in [-0.1, -0.05) is 50.1 Å². The van der Waals surface area contributed by atoms with Crippen LogP contribution in [0.15, 0.2) is 30.3 Å². The summed E-state index contributed by atoms with van der Waals surface area (Å²) >= 11 is 0. The summed E-state index contributed by atoms with van der Waals surface area (Å²) in [5.74, 6) is 7.12. The second kappa shape index (κ2) is 4.72. The van der Waals surface area contributed by atoms with Crippen molar-refractivity contribution in [2.75, 3.05) is 0 Å². The van der Waals surface area contributed by atoms with E-state index in [2.05, 4.69) is 50.0 Å². The molecular formula is C13H16. The summed E-state index contributed by atoms with van der Waals surface area (Å²) in [4.78, 5) is 0. The molecule has 0 aliphatic rings. The minimum Gasteiger partial charge on any atom is -0.106 e. The van der Waals surface area contributed by atoms with Crippen LogP contribution in [0.1, 0.15) is 32.3 Å². The van der Waals surface area contributed by atoms with Gasteiger partial charge in [-0.2, -0.15) is 0 Å². The third-order valence-electron chi connectivity index (χ3n) is 2.45. The fourth-order valence-corrected chi connectivity index (χ4v) is 1.40. The molecule has 13 heavy (non-hydrogen) atoms. The van der Waals surface area contributed by atoms with E-state index in [9.17, 15) is 0 Å². The monoisotopic (exact) mass is 172 g/mol. The van der Waals surface area contributed by atoms with Gasteiger partial charge in [0.1, 0.15) is 0 Å². The molecule has 2 unspecified atom stereocenters. The van der Waals surface area contributed by atoms with Crippen molar-refractivity contribution in [1.29, 1.82) is 0 Å². The van der Waals surface area contributed by atoms with Gasteiger partial charge in [0.05, 0.1) is 0 Å². The molecule has 0 aromatic heterocycles. The first-order chi connectivity index (χ1) is 6.25. The van der Waals surface area contributed by atoms with Gasteiger partial charge in [0.25, 0.3) is 0 Å². The van der Waals surface area contributed by atoms with E-state index in [0.717, 1.165) is 0 Å². The molecule has 0 saturated heterocycles. The van der Waals surface area contributed by atoms with Crippen molar-refractivity contribution >= 4 is 0 Å². The molecule has 0 N–H and O–H groups in total. The van der Waals surface area contributed by atoms with Gasteiger partial charge in [0, 0.05) is 5.92 Å². The van der Waals surface area contributed by atoms with Crippen LogP contribution in [0.3, 0.4) is 0 Å². The summed E-state index contributed by atoms with van der Waals surface area (Å²) in [6.45, 7) is 6.30. The van der Waals surface area contributed by atoms with Crippen LogP contribution < -0.4 is 0 Å². The highest BCUT2D eigenvalue weighted by molar-refractivity contribution is 5.22. The van der Waals surface area contributed by atoms with Crippen molar-refractivity contribution in [2.24, 2.45) is 5.92 Å². The molecule has 0 heteroatoms. The standard InChI is InChI=1S/C13H16/c1-4-8-11(2)12(3)13-9-6-5-7-10-13/h5-7,9-12H,1-3H3. The van der Waals surface area contributed by atoms with Crippen LogP contribution in [-0.2, 0) is 0 Å². The van der Waals surface area contributed by atoms with Crippen LogP contribution in [0.5, 0.6) is 0 Å². The molecule has 0 spiro atoms. The minimum atomic E-state index is 0.437. The lowest BCUT2D eigenvalue weighted by atomic mass is 9.89. The summed E-state index contributed by atoms with van der Waals surface area (Å²) in [6.07, 6.45) is 0. The highest BCUT2D eigenvalue weighted by atomic mass is 14.1. The molecule has 1 aromatic rings. The summed E-state index contributed by atoms with van der Waals surface area (Å²) in [5, 5.41) is 0. The van der Waals surface area contributed by atoms with Gasteiger partial charge < -0.3 is 0 Å². The van der Waals surface area contributed by atoms with Crippen LogP contribution in [0.4, 0.5) is 0 Å². The molecule has 1 aromatic carbocycles. The Morgan fingerprint density at radius 1 is 1.08 bits per heavy atom. The topological polar surface area (TPSA) is 0 Å². The van der Waals surface area contributed by atoms with E-state index in [1.165, 1.54) is 5.56 Å². The van der Waals surface area contributed by atoms with Gasteiger partial charge >= 0.3 is 0 Å². The Kier molecular flexibility index (Phi) is 3.58. The molecule has 0 bridgehead atoms. The van der Waals surface area contributed by atoms with Crippen molar-refractivity contribution < 1.29 is 0 Å². The van der Waals surface area contributed by atoms with Gasteiger partial charge in [0.15, 0.2) is 0 Å². The van der Waals surface area contributed by atoms with Gasteiger partial charge in [-0.15, -0.1) is 5.92 Å². The van der Waals surface area contributed by atoms with Crippen LogP contribution >= 0.6 is 0 Å². The zero-order valence-electron chi connectivity index (χ0n) is 8.54. The number of rotatable bonds is 2. The summed E-state index contributed by atoms with van der Waals surface area (Å²) in [5.41, 5.74) is 1.37. The molecule has 0 amide bonds. The summed E-state index contributed by atoms with van der Waals surface area (Å²) in [7, 11) is 0. The lowest BCUT2D eigenvalue weighted by Crippen LogP contribution is -2.03. The van der Waals surface area contributed by atoms with Crippen molar-refractivity contribution in [2.45, 2.75) is 26.7 Å². The van der Waals surface area contributed by atoms with Crippen LogP contribution in [0.2, 0.25) is 0 Å². The Balaban J connectivity index is 2.77. The van der Waals surface area contributed by atoms with Crippen LogP contribution in [0.25, 0.3) is 0 Å². The van der Waals surface area contributed by atoms with Crippen LogP contribution in [-0.4, -0.2) is 0 Å². The highest BCUT2D eigenvalue weighted by Gasteiger charge is 2.10. The van der Waals surface area contributed by atoms with Crippen molar-refractivity contribution in [3.63, 3.8) is 0 Å². The molecule has 0 aliphatic carbocycles. The van der Waals surface area contributed by atoms with Crippen molar-refractivity contribution in [1.82, 2.24) is 0 Å². The first-order valence-electron chi connectivity index (χ1n) is 4.73. The van der Waals surface area contributed by atoms with E-state index >= 15 is 0 Å². The first kappa shape index (κ1) is 9.86. The number of benzene rings is 1. The molecule has 0 nitrogen and oxygen atoms in total. The zero-order valence-corrected chi connectivity index (χ0v) is 8.54. The van der Waals surface area contributed by atoms with Gasteiger partial charge in [-0.25, -0.2) is 0 Å². The maximum atomic E-state index is 3.19. The molecule has 68 valence electrons. The molecule has 0 radical (unpaired) electrons. The second-order valence-corrected chi connectivity index (χ2v) is 3.38. The fourth-order valence-electron chi connectivity index (χ4n) is 1.40. The average molecular weight is 172 g/mol. The second-order valence-electron chi connectivity index (χ2n) is 3.38. The minimum absolute atomic E-state index is 0.437. The Labute approximate surface area is 81.0 Å². The molecule has 0 aliphatic heterocycles. The fraction of sp³-hybridized carbons (Fsp3) is 0.385. The van der Waals surface area contributed by atoms with E-state index < -0.39 is 0 Å². The molecule has 2 atom stereocenters. The predicted molar refractivity (Wildman–Crippen MR) is 57.5 cm³/mol. The molecule has 0 fully saturated rings. The Morgan fingerprint density at radius 2 is 1.69 bits per heavy atom. The largest absolute Gasteiger partial charge is 0.106 e. The van der Waals surface area contributed by atoms with Gasteiger partial charge in [-0.3, -0.25) is 0 Å². The molecule has 0 saturated carbocycles. The third-order valence-corrected chi connectivity index (χ3v) is 2.45. The predicted octanol–water partition coefficient (Wildman–Crippen LogP) is 3.45. The molecular weight excluding hydrogens is 156 g/mol. The number of hydrogen-bond donors (Lipinski definition) is 0. The Morgan fingerprint density at radius 3 is 2.23 bits per heavy atom. The van der Waals surface area contributed by atoms with Gasteiger partial charge in [-0.05, 0) is 18.4 Å². The van der Waals surface area contributed by atoms with Crippen LogP contribution in [0, 0.1) is 17.8 Å². The van der Waals surface area contributed by atoms with E-state index in [1.54, 1.807) is 0 Å². The van der Waals surface area contributed by atoms with E-state index in [-0.39, 0.29) is 0 Å². The Hall–Kier alpha value is -1.22. The lowest BCUT2D eigenvalue weighted by Gasteiger charge is -2.14. The van der Waals surface area contributed by atoms with E-state index in [4.69, 9.17) is 0 Å². The maximum Gasteiger partial charge on any atom is 0.0240 e. The van der Waals surface area contributed by atoms with E-state index in [0.29, 0.717) is 11.8 Å². The third kappa shape index (κ3) is 2.63. The Bertz CT molecular complexity index is 300. The maximum absolute atomic E-state index is 3.19. The molecule has 0 heterocycles. The van der Waals surface area contributed by atoms with Crippen molar-refractivity contribution in [3.05, 3.63) is 35.9 Å². The zero-order chi connectivity index (χ0) is 9.68. The summed E-state index contributed by atoms with van der Waals surface area (Å²) in [6, 6.07) is 10.5. The molecule has 1 rings (SSSR count). The van der Waals surface area contributed by atoms with Gasteiger partial charge in [0.2, 0.25) is 0 Å². The van der Waals surface area contributed by atoms with E-state index in [1.807, 2.05) is 13.0 Å². The quantitative estimate of drug-likeness (QED) is 0.599. The lowest BCUT2D eigenvalue weighted by molar-refractivity contribution is 0.610. The SMILES string of the molecule is CC#CC(C)C(C)c1ccccc1. The smallest absolute Gasteiger partial charge is 0.0240 e. The average Bonchev–Trinajstić information content (AvgIpc) is 2.18. The highest BCUT2D eigenvalue weighted by Crippen LogP contribution is 2.22. The number of hydrogen-bond acceptors (Lipinski definition) is 0. The van der Waals surface area contributed by atoms with Crippen molar-refractivity contribution in [3.8, 4) is 11.8 Å². The first-order valence-corrected chi connectivity index (χ1v) is 4.73. The normalized spacial score (nSPS) is 14.1. The summed E-state index contributed by atoms with van der Waals surface area (Å²) < 4.78 is 0.